The molecule has 4 heteroatoms. The third-order valence-corrected chi connectivity index (χ3v) is 3.88. The molecule has 124 valence electrons. The summed E-state index contributed by atoms with van der Waals surface area (Å²) in [6.45, 7) is 10.3. The zero-order chi connectivity index (χ0) is 16.7. The van der Waals surface area contributed by atoms with Crippen LogP contribution in [0.15, 0.2) is 30.3 Å². The topological polar surface area (TPSA) is 35.6 Å². The first-order valence-electron chi connectivity index (χ1n) is 8.09. The number of amides is 1. The van der Waals surface area contributed by atoms with Gasteiger partial charge in [-0.1, -0.05) is 30.3 Å². The predicted octanol–water partition coefficient (Wildman–Crippen LogP) is 2.52. The molecule has 1 atom stereocenters. The molecule has 0 aliphatic heterocycles. The average Bonchev–Trinajstić information content (AvgIpc) is 2.43. The summed E-state index contributed by atoms with van der Waals surface area (Å²) < 4.78 is 0. The zero-order valence-electron chi connectivity index (χ0n) is 14.8. The number of hydrogen-bond donors (Lipinski definition) is 1. The lowest BCUT2D eigenvalue weighted by molar-refractivity contribution is -0.125. The molecule has 0 saturated heterocycles. The van der Waals surface area contributed by atoms with Gasteiger partial charge in [-0.15, -0.1) is 0 Å². The second-order valence-corrected chi connectivity index (χ2v) is 6.49. The summed E-state index contributed by atoms with van der Waals surface area (Å²) in [7, 11) is 3.87. The third-order valence-electron chi connectivity index (χ3n) is 3.88. The fourth-order valence-electron chi connectivity index (χ4n) is 2.84. The minimum atomic E-state index is -0.243. The Morgan fingerprint density at radius 3 is 2.05 bits per heavy atom. The molecule has 0 saturated carbocycles. The van der Waals surface area contributed by atoms with Crippen LogP contribution in [0.5, 0.6) is 0 Å². The van der Waals surface area contributed by atoms with Crippen molar-refractivity contribution in [3.8, 4) is 0 Å². The highest BCUT2D eigenvalue weighted by Gasteiger charge is 2.22. The van der Waals surface area contributed by atoms with Gasteiger partial charge in [-0.2, -0.15) is 0 Å². The smallest absolute Gasteiger partial charge is 0.241 e. The molecule has 0 aliphatic rings. The van der Waals surface area contributed by atoms with E-state index in [0.29, 0.717) is 18.6 Å². The molecule has 1 aromatic carbocycles. The van der Waals surface area contributed by atoms with Crippen LogP contribution in [-0.4, -0.2) is 55.0 Å². The number of benzene rings is 1. The van der Waals surface area contributed by atoms with Crippen LogP contribution in [0.3, 0.4) is 0 Å². The third kappa shape index (κ3) is 5.43. The van der Waals surface area contributed by atoms with Crippen molar-refractivity contribution in [2.75, 3.05) is 27.2 Å². The molecular formula is C18H31N3O. The van der Waals surface area contributed by atoms with Crippen molar-refractivity contribution in [1.29, 1.82) is 0 Å². The molecule has 1 N–H and O–H groups in total. The molecule has 0 radical (unpaired) electrons. The summed E-state index contributed by atoms with van der Waals surface area (Å²) in [6.07, 6.45) is 0. The maximum atomic E-state index is 12.5. The SMILES string of the molecule is CC(C)N(CCNC(=O)[C@@H](c1ccccc1)N(C)C)C(C)C. The Bertz CT molecular complexity index is 435. The van der Waals surface area contributed by atoms with Gasteiger partial charge in [-0.3, -0.25) is 14.6 Å². The Morgan fingerprint density at radius 1 is 1.05 bits per heavy atom. The van der Waals surface area contributed by atoms with E-state index in [2.05, 4.69) is 37.9 Å². The quantitative estimate of drug-likeness (QED) is 0.801. The molecule has 0 heterocycles. The number of carbonyl (C=O) groups is 1. The van der Waals surface area contributed by atoms with Crippen molar-refractivity contribution >= 4 is 5.91 Å². The van der Waals surface area contributed by atoms with E-state index in [1.807, 2.05) is 49.3 Å². The minimum Gasteiger partial charge on any atom is -0.353 e. The van der Waals surface area contributed by atoms with E-state index in [1.165, 1.54) is 0 Å². The number of nitrogens with zero attached hydrogens (tertiary/aromatic N) is 2. The lowest BCUT2D eigenvalue weighted by atomic mass is 10.1. The van der Waals surface area contributed by atoms with Crippen LogP contribution in [-0.2, 0) is 4.79 Å². The lowest BCUT2D eigenvalue weighted by Gasteiger charge is -2.31. The van der Waals surface area contributed by atoms with E-state index >= 15 is 0 Å². The number of likely N-dealkylation sites (N-methyl/N-ethyl adjacent to an activating group) is 1. The Kier molecular flexibility index (Phi) is 7.56. The summed E-state index contributed by atoms with van der Waals surface area (Å²) in [6, 6.07) is 10.6. The minimum absolute atomic E-state index is 0.0589. The first-order valence-corrected chi connectivity index (χ1v) is 8.09. The van der Waals surface area contributed by atoms with Crippen molar-refractivity contribution in [3.05, 3.63) is 35.9 Å². The second kappa shape index (κ2) is 8.91. The normalized spacial score (nSPS) is 13.2. The van der Waals surface area contributed by atoms with Gasteiger partial charge in [0.2, 0.25) is 5.91 Å². The lowest BCUT2D eigenvalue weighted by Crippen LogP contribution is -2.44. The first kappa shape index (κ1) is 18.7. The maximum absolute atomic E-state index is 12.5. The monoisotopic (exact) mass is 305 g/mol. The zero-order valence-corrected chi connectivity index (χ0v) is 14.8. The summed E-state index contributed by atoms with van der Waals surface area (Å²) in [5.74, 6) is 0.0589. The van der Waals surface area contributed by atoms with E-state index in [4.69, 9.17) is 0 Å². The molecule has 0 spiro atoms. The van der Waals surface area contributed by atoms with Gasteiger partial charge in [-0.25, -0.2) is 0 Å². The number of carbonyl (C=O) groups excluding carboxylic acids is 1. The number of rotatable bonds is 8. The van der Waals surface area contributed by atoms with Crippen molar-refractivity contribution in [2.24, 2.45) is 0 Å². The molecule has 1 rings (SSSR count). The van der Waals surface area contributed by atoms with Gasteiger partial charge in [-0.05, 0) is 47.4 Å². The van der Waals surface area contributed by atoms with Gasteiger partial charge in [0.25, 0.3) is 0 Å². The molecule has 1 amide bonds. The molecule has 0 unspecified atom stereocenters. The van der Waals surface area contributed by atoms with Crippen LogP contribution in [0.4, 0.5) is 0 Å². The van der Waals surface area contributed by atoms with Crippen LogP contribution < -0.4 is 5.32 Å². The average molecular weight is 305 g/mol. The van der Waals surface area contributed by atoms with Crippen LogP contribution in [0.25, 0.3) is 0 Å². The number of nitrogens with one attached hydrogen (secondary N) is 1. The van der Waals surface area contributed by atoms with E-state index in [0.717, 1.165) is 12.1 Å². The van der Waals surface area contributed by atoms with Gasteiger partial charge >= 0.3 is 0 Å². The van der Waals surface area contributed by atoms with Gasteiger partial charge in [0.15, 0.2) is 0 Å². The van der Waals surface area contributed by atoms with Gasteiger partial charge < -0.3 is 5.32 Å². The Hall–Kier alpha value is -1.39. The Labute approximate surface area is 135 Å². The summed E-state index contributed by atoms with van der Waals surface area (Å²) >= 11 is 0. The van der Waals surface area contributed by atoms with Gasteiger partial charge in [0.05, 0.1) is 0 Å². The van der Waals surface area contributed by atoms with E-state index in [-0.39, 0.29) is 11.9 Å². The molecule has 0 bridgehead atoms. The summed E-state index contributed by atoms with van der Waals surface area (Å²) in [4.78, 5) is 16.9. The fraction of sp³-hybridized carbons (Fsp3) is 0.611. The Morgan fingerprint density at radius 2 is 1.59 bits per heavy atom. The van der Waals surface area contributed by atoms with Crippen molar-refractivity contribution in [3.63, 3.8) is 0 Å². The van der Waals surface area contributed by atoms with Gasteiger partial charge in [0, 0.05) is 25.2 Å². The van der Waals surface area contributed by atoms with Crippen LogP contribution in [0.1, 0.15) is 39.3 Å². The molecule has 0 aromatic heterocycles. The molecule has 0 fully saturated rings. The largest absolute Gasteiger partial charge is 0.353 e. The molecular weight excluding hydrogens is 274 g/mol. The first-order chi connectivity index (χ1) is 10.3. The van der Waals surface area contributed by atoms with E-state index in [9.17, 15) is 4.79 Å². The van der Waals surface area contributed by atoms with Crippen molar-refractivity contribution in [2.45, 2.75) is 45.8 Å². The van der Waals surface area contributed by atoms with E-state index < -0.39 is 0 Å². The second-order valence-electron chi connectivity index (χ2n) is 6.49. The van der Waals surface area contributed by atoms with Gasteiger partial charge in [0.1, 0.15) is 6.04 Å². The fourth-order valence-corrected chi connectivity index (χ4v) is 2.84. The van der Waals surface area contributed by atoms with Crippen LogP contribution in [0.2, 0.25) is 0 Å². The van der Waals surface area contributed by atoms with E-state index in [1.54, 1.807) is 0 Å². The summed E-state index contributed by atoms with van der Waals surface area (Å²) in [5.41, 5.74) is 1.02. The molecule has 1 aromatic rings. The van der Waals surface area contributed by atoms with Crippen molar-refractivity contribution in [1.82, 2.24) is 15.1 Å². The maximum Gasteiger partial charge on any atom is 0.241 e. The highest BCUT2D eigenvalue weighted by molar-refractivity contribution is 5.83. The highest BCUT2D eigenvalue weighted by Crippen LogP contribution is 2.17. The highest BCUT2D eigenvalue weighted by atomic mass is 16.2. The Balaban J connectivity index is 2.62. The van der Waals surface area contributed by atoms with Crippen molar-refractivity contribution < 1.29 is 4.79 Å². The predicted molar refractivity (Wildman–Crippen MR) is 92.9 cm³/mol. The van der Waals surface area contributed by atoms with Crippen LogP contribution in [0, 0.1) is 0 Å². The standard InChI is InChI=1S/C18H31N3O/c1-14(2)21(15(3)4)13-12-19-18(22)17(20(5)6)16-10-8-7-9-11-16/h7-11,14-15,17H,12-13H2,1-6H3,(H,19,22)/t17-/m1/s1. The number of hydrogen-bond acceptors (Lipinski definition) is 3. The molecule has 22 heavy (non-hydrogen) atoms. The van der Waals surface area contributed by atoms with Crippen LogP contribution >= 0.6 is 0 Å². The molecule has 0 aliphatic carbocycles. The molecule has 4 nitrogen and oxygen atoms in total. The summed E-state index contributed by atoms with van der Waals surface area (Å²) in [5, 5.41) is 3.08.